The van der Waals surface area contributed by atoms with Gasteiger partial charge in [-0.25, -0.2) is 0 Å². The number of hydrogen-bond acceptors (Lipinski definition) is 5. The second-order valence-electron chi connectivity index (χ2n) is 4.32. The number of esters is 1. The van der Waals surface area contributed by atoms with E-state index in [1.807, 2.05) is 0 Å². The molecule has 0 radical (unpaired) electrons. The third kappa shape index (κ3) is 6.01. The average molecular weight is 329 g/mol. The largest absolute Gasteiger partial charge is 0.483 e. The lowest BCUT2D eigenvalue weighted by Crippen LogP contribution is -2.30. The molecule has 2 amide bonds. The summed E-state index contributed by atoms with van der Waals surface area (Å²) < 4.78 is 9.73. The van der Waals surface area contributed by atoms with E-state index in [-0.39, 0.29) is 36.2 Å². The molecule has 0 unspecified atom stereocenters. The van der Waals surface area contributed by atoms with Crippen molar-refractivity contribution in [3.8, 4) is 5.75 Å². The fourth-order valence-corrected chi connectivity index (χ4v) is 1.75. The van der Waals surface area contributed by atoms with Gasteiger partial charge in [0, 0.05) is 18.0 Å². The van der Waals surface area contributed by atoms with E-state index in [1.165, 1.54) is 25.3 Å². The number of halogens is 1. The zero-order chi connectivity index (χ0) is 16.5. The lowest BCUT2D eigenvalue weighted by molar-refractivity contribution is -0.140. The molecule has 0 bridgehead atoms. The fraction of sp³-hybridized carbons (Fsp3) is 0.357. The first kappa shape index (κ1) is 17.8. The van der Waals surface area contributed by atoms with Crippen molar-refractivity contribution in [3.05, 3.63) is 28.8 Å². The van der Waals surface area contributed by atoms with Crippen molar-refractivity contribution in [1.29, 1.82) is 0 Å². The topological polar surface area (TPSA) is 108 Å². The highest BCUT2D eigenvalue weighted by molar-refractivity contribution is 6.31. The van der Waals surface area contributed by atoms with E-state index in [0.29, 0.717) is 18.0 Å². The third-order valence-electron chi connectivity index (χ3n) is 2.67. The maximum atomic E-state index is 11.6. The van der Waals surface area contributed by atoms with Crippen molar-refractivity contribution in [3.63, 3.8) is 0 Å². The number of hydrogen-bond donors (Lipinski definition) is 2. The molecule has 0 saturated carbocycles. The Labute approximate surface area is 132 Å². The summed E-state index contributed by atoms with van der Waals surface area (Å²) in [5.41, 5.74) is 5.31. The minimum absolute atomic E-state index is 0.103. The molecule has 1 aromatic rings. The summed E-state index contributed by atoms with van der Waals surface area (Å²) >= 11 is 5.77. The molecule has 0 aliphatic carbocycles. The SMILES string of the molecule is COC(=O)CCCNC(=O)COc1ccc(Cl)cc1C(N)=O. The normalized spacial score (nSPS) is 9.91. The lowest BCUT2D eigenvalue weighted by Gasteiger charge is -2.10. The van der Waals surface area contributed by atoms with Gasteiger partial charge < -0.3 is 20.5 Å². The van der Waals surface area contributed by atoms with Crippen LogP contribution in [0.1, 0.15) is 23.2 Å². The lowest BCUT2D eigenvalue weighted by atomic mass is 10.2. The van der Waals surface area contributed by atoms with Gasteiger partial charge in [-0.05, 0) is 24.6 Å². The first-order valence-electron chi connectivity index (χ1n) is 6.49. The van der Waals surface area contributed by atoms with Crippen LogP contribution in [0.2, 0.25) is 5.02 Å². The van der Waals surface area contributed by atoms with Crippen LogP contribution in [-0.4, -0.2) is 38.0 Å². The predicted octanol–water partition coefficient (Wildman–Crippen LogP) is 0.887. The Morgan fingerprint density at radius 1 is 1.32 bits per heavy atom. The standard InChI is InChI=1S/C14H17ClN2O5/c1-21-13(19)3-2-6-17-12(18)8-22-11-5-4-9(15)7-10(11)14(16)20/h4-5,7H,2-3,6,8H2,1H3,(H2,16,20)(H,17,18). The van der Waals surface area contributed by atoms with Crippen LogP contribution in [-0.2, 0) is 14.3 Å². The quantitative estimate of drug-likeness (QED) is 0.544. The molecule has 3 N–H and O–H groups in total. The van der Waals surface area contributed by atoms with Crippen LogP contribution in [0.15, 0.2) is 18.2 Å². The van der Waals surface area contributed by atoms with Crippen molar-refractivity contribution in [2.75, 3.05) is 20.3 Å². The van der Waals surface area contributed by atoms with Gasteiger partial charge in [0.25, 0.3) is 11.8 Å². The van der Waals surface area contributed by atoms with Gasteiger partial charge >= 0.3 is 5.97 Å². The molecule has 0 atom stereocenters. The number of carbonyl (C=O) groups is 3. The van der Waals surface area contributed by atoms with E-state index in [2.05, 4.69) is 10.1 Å². The Morgan fingerprint density at radius 2 is 2.05 bits per heavy atom. The van der Waals surface area contributed by atoms with E-state index in [1.54, 1.807) is 0 Å². The summed E-state index contributed by atoms with van der Waals surface area (Å²) in [6.45, 7) is 0.0424. The highest BCUT2D eigenvalue weighted by atomic mass is 35.5. The summed E-state index contributed by atoms with van der Waals surface area (Å²) in [7, 11) is 1.30. The number of benzene rings is 1. The highest BCUT2D eigenvalue weighted by Gasteiger charge is 2.12. The molecule has 7 nitrogen and oxygen atoms in total. The van der Waals surface area contributed by atoms with Crippen molar-refractivity contribution in [1.82, 2.24) is 5.32 Å². The molecule has 0 saturated heterocycles. The molecule has 1 aromatic carbocycles. The van der Waals surface area contributed by atoms with Crippen LogP contribution >= 0.6 is 11.6 Å². The van der Waals surface area contributed by atoms with Gasteiger partial charge in [0.05, 0.1) is 12.7 Å². The number of nitrogens with two attached hydrogens (primary N) is 1. The summed E-state index contributed by atoms with van der Waals surface area (Å²) in [4.78, 5) is 33.7. The number of rotatable bonds is 8. The maximum Gasteiger partial charge on any atom is 0.305 e. The van der Waals surface area contributed by atoms with Crippen LogP contribution in [0.25, 0.3) is 0 Å². The van der Waals surface area contributed by atoms with Gasteiger partial charge in [-0.15, -0.1) is 0 Å². The first-order valence-corrected chi connectivity index (χ1v) is 6.87. The van der Waals surface area contributed by atoms with Crippen molar-refractivity contribution < 1.29 is 23.9 Å². The fourth-order valence-electron chi connectivity index (χ4n) is 1.58. The van der Waals surface area contributed by atoms with Gasteiger partial charge in [-0.1, -0.05) is 11.6 Å². The van der Waals surface area contributed by atoms with E-state index in [0.717, 1.165) is 0 Å². The summed E-state index contributed by atoms with van der Waals surface area (Å²) in [6.07, 6.45) is 0.687. The van der Waals surface area contributed by atoms with Crippen molar-refractivity contribution in [2.45, 2.75) is 12.8 Å². The van der Waals surface area contributed by atoms with Crippen LogP contribution in [0.3, 0.4) is 0 Å². The van der Waals surface area contributed by atoms with Gasteiger partial charge in [0.1, 0.15) is 5.75 Å². The molecular weight excluding hydrogens is 312 g/mol. The highest BCUT2D eigenvalue weighted by Crippen LogP contribution is 2.22. The zero-order valence-electron chi connectivity index (χ0n) is 12.1. The number of nitrogens with one attached hydrogen (secondary N) is 1. The second-order valence-corrected chi connectivity index (χ2v) is 4.76. The molecule has 0 aliphatic heterocycles. The van der Waals surface area contributed by atoms with E-state index in [4.69, 9.17) is 22.1 Å². The molecule has 0 spiro atoms. The Balaban J connectivity index is 2.41. The molecule has 8 heteroatoms. The van der Waals surface area contributed by atoms with Crippen molar-refractivity contribution in [2.24, 2.45) is 5.73 Å². The van der Waals surface area contributed by atoms with Gasteiger partial charge in [-0.2, -0.15) is 0 Å². The summed E-state index contributed by atoms with van der Waals surface area (Å²) in [6, 6.07) is 4.36. The number of amides is 2. The summed E-state index contributed by atoms with van der Waals surface area (Å²) in [5.74, 6) is -1.23. The van der Waals surface area contributed by atoms with E-state index >= 15 is 0 Å². The predicted molar refractivity (Wildman–Crippen MR) is 79.7 cm³/mol. The Morgan fingerprint density at radius 3 is 2.68 bits per heavy atom. The van der Waals surface area contributed by atoms with E-state index < -0.39 is 5.91 Å². The monoisotopic (exact) mass is 328 g/mol. The number of ether oxygens (including phenoxy) is 2. The Bertz CT molecular complexity index is 562. The van der Waals surface area contributed by atoms with Crippen molar-refractivity contribution >= 4 is 29.4 Å². The van der Waals surface area contributed by atoms with Crippen LogP contribution in [0.4, 0.5) is 0 Å². The number of primary amides is 1. The molecule has 120 valence electrons. The minimum atomic E-state index is -0.698. The van der Waals surface area contributed by atoms with Gasteiger partial charge in [0.15, 0.2) is 6.61 Å². The Hall–Kier alpha value is -2.28. The molecule has 22 heavy (non-hydrogen) atoms. The molecule has 1 rings (SSSR count). The number of carbonyl (C=O) groups excluding carboxylic acids is 3. The average Bonchev–Trinajstić information content (AvgIpc) is 2.49. The smallest absolute Gasteiger partial charge is 0.305 e. The van der Waals surface area contributed by atoms with Crippen LogP contribution in [0, 0.1) is 0 Å². The number of methoxy groups -OCH3 is 1. The maximum absolute atomic E-state index is 11.6. The van der Waals surface area contributed by atoms with Crippen LogP contribution in [0.5, 0.6) is 5.75 Å². The van der Waals surface area contributed by atoms with Crippen LogP contribution < -0.4 is 15.8 Å². The first-order chi connectivity index (χ1) is 10.4. The van der Waals surface area contributed by atoms with Gasteiger partial charge in [-0.3, -0.25) is 14.4 Å². The van der Waals surface area contributed by atoms with Gasteiger partial charge in [0.2, 0.25) is 0 Å². The molecule has 0 aliphatic rings. The van der Waals surface area contributed by atoms with E-state index in [9.17, 15) is 14.4 Å². The molecule has 0 aromatic heterocycles. The third-order valence-corrected chi connectivity index (χ3v) is 2.91. The summed E-state index contributed by atoms with van der Waals surface area (Å²) in [5, 5.41) is 2.92. The molecule has 0 fully saturated rings. The molecule has 0 heterocycles. The Kier molecular flexibility index (Phi) is 7.18. The second kappa shape index (κ2) is 8.89. The zero-order valence-corrected chi connectivity index (χ0v) is 12.8. The molecular formula is C14H17ClN2O5. The minimum Gasteiger partial charge on any atom is -0.483 e.